The monoisotopic (exact) mass is 305 g/mol. The Morgan fingerprint density at radius 2 is 1.90 bits per heavy atom. The number of hydrogen-bond acceptors (Lipinski definition) is 2. The summed E-state index contributed by atoms with van der Waals surface area (Å²) in [5.41, 5.74) is -0.190. The maximum absolute atomic E-state index is 13.2. The van der Waals surface area contributed by atoms with Crippen LogP contribution in [-0.2, 0) is 4.79 Å². The first-order valence-electron chi connectivity index (χ1n) is 5.94. The van der Waals surface area contributed by atoms with Gasteiger partial charge in [-0.2, -0.15) is 0 Å². The fraction of sp³-hybridized carbons (Fsp3) is 0.385. The van der Waals surface area contributed by atoms with E-state index in [4.69, 9.17) is 16.7 Å². The lowest BCUT2D eigenvalue weighted by atomic mass is 10.1. The van der Waals surface area contributed by atoms with Gasteiger partial charge in [0, 0.05) is 13.1 Å². The second-order valence-corrected chi connectivity index (χ2v) is 4.74. The Hall–Kier alpha value is -1.69. The van der Waals surface area contributed by atoms with Gasteiger partial charge in [0.25, 0.3) is 5.91 Å². The van der Waals surface area contributed by atoms with E-state index in [9.17, 15) is 18.4 Å². The lowest BCUT2D eigenvalue weighted by Gasteiger charge is -2.23. The highest BCUT2D eigenvalue weighted by Gasteiger charge is 2.23. The fourth-order valence-corrected chi connectivity index (χ4v) is 1.85. The Bertz CT molecular complexity index is 537. The van der Waals surface area contributed by atoms with E-state index >= 15 is 0 Å². The smallest absolute Gasteiger partial charge is 0.308 e. The second kappa shape index (κ2) is 6.65. The minimum atomic E-state index is -1.18. The number of amides is 1. The molecule has 4 nitrogen and oxygen atoms in total. The fourth-order valence-electron chi connectivity index (χ4n) is 1.62. The van der Waals surface area contributed by atoms with Crippen molar-refractivity contribution in [2.75, 3.05) is 13.1 Å². The molecule has 7 heteroatoms. The van der Waals surface area contributed by atoms with Crippen LogP contribution in [0.2, 0.25) is 5.02 Å². The molecule has 20 heavy (non-hydrogen) atoms. The highest BCUT2D eigenvalue weighted by atomic mass is 35.5. The van der Waals surface area contributed by atoms with E-state index in [1.165, 1.54) is 11.8 Å². The predicted molar refractivity (Wildman–Crippen MR) is 69.7 cm³/mol. The van der Waals surface area contributed by atoms with Gasteiger partial charge in [-0.05, 0) is 19.1 Å². The van der Waals surface area contributed by atoms with Crippen molar-refractivity contribution >= 4 is 23.5 Å². The molecule has 1 N–H and O–H groups in total. The Morgan fingerprint density at radius 1 is 1.35 bits per heavy atom. The Kier molecular flexibility index (Phi) is 5.44. The molecule has 0 spiro atoms. The number of nitrogens with zero attached hydrogens (tertiary/aromatic N) is 1. The number of halogens is 3. The van der Waals surface area contributed by atoms with E-state index in [1.54, 1.807) is 6.92 Å². The lowest BCUT2D eigenvalue weighted by molar-refractivity contribution is -0.141. The van der Waals surface area contributed by atoms with Crippen LogP contribution in [0, 0.1) is 17.6 Å². The number of benzene rings is 1. The molecule has 0 aliphatic heterocycles. The molecule has 0 heterocycles. The second-order valence-electron chi connectivity index (χ2n) is 4.33. The third-order valence-corrected chi connectivity index (χ3v) is 3.14. The highest BCUT2D eigenvalue weighted by molar-refractivity contribution is 6.33. The van der Waals surface area contributed by atoms with Crippen molar-refractivity contribution in [3.63, 3.8) is 0 Å². The highest BCUT2D eigenvalue weighted by Crippen LogP contribution is 2.22. The number of hydrogen-bond donors (Lipinski definition) is 1. The molecule has 0 radical (unpaired) electrons. The summed E-state index contributed by atoms with van der Waals surface area (Å²) in [4.78, 5) is 24.2. The summed E-state index contributed by atoms with van der Waals surface area (Å²) in [6.45, 7) is 3.29. The van der Waals surface area contributed by atoms with E-state index in [1.807, 2.05) is 0 Å². The van der Waals surface area contributed by atoms with E-state index in [-0.39, 0.29) is 23.7 Å². The number of carboxylic acid groups (broad SMARTS) is 1. The van der Waals surface area contributed by atoms with Crippen LogP contribution in [0.15, 0.2) is 12.1 Å². The van der Waals surface area contributed by atoms with Crippen LogP contribution >= 0.6 is 11.6 Å². The molecule has 0 saturated heterocycles. The molecule has 0 aliphatic carbocycles. The van der Waals surface area contributed by atoms with Crippen molar-refractivity contribution in [2.24, 2.45) is 5.92 Å². The van der Waals surface area contributed by atoms with Gasteiger partial charge in [0.1, 0.15) is 0 Å². The summed E-state index contributed by atoms with van der Waals surface area (Å²) in [6.07, 6.45) is 0. The molecule has 0 saturated carbocycles. The van der Waals surface area contributed by atoms with E-state index < -0.39 is 29.4 Å². The molecule has 1 unspecified atom stereocenters. The van der Waals surface area contributed by atoms with Crippen molar-refractivity contribution in [1.82, 2.24) is 4.90 Å². The van der Waals surface area contributed by atoms with Gasteiger partial charge in [0.2, 0.25) is 0 Å². The van der Waals surface area contributed by atoms with Crippen LogP contribution in [0.3, 0.4) is 0 Å². The summed E-state index contributed by atoms with van der Waals surface area (Å²) in [6, 6.07) is 1.44. The van der Waals surface area contributed by atoms with Gasteiger partial charge in [-0.25, -0.2) is 8.78 Å². The minimum Gasteiger partial charge on any atom is -0.481 e. The maximum atomic E-state index is 13.2. The quantitative estimate of drug-likeness (QED) is 0.851. The molecule has 0 aromatic heterocycles. The Labute approximate surface area is 119 Å². The molecule has 1 amide bonds. The lowest BCUT2D eigenvalue weighted by Crippen LogP contribution is -2.37. The van der Waals surface area contributed by atoms with Crippen LogP contribution in [0.5, 0.6) is 0 Å². The normalized spacial score (nSPS) is 12.1. The molecule has 1 aromatic rings. The molecular formula is C13H14ClF2NO3. The van der Waals surface area contributed by atoms with Gasteiger partial charge >= 0.3 is 5.97 Å². The summed E-state index contributed by atoms with van der Waals surface area (Å²) < 4.78 is 26.1. The maximum Gasteiger partial charge on any atom is 0.308 e. The number of carbonyl (C=O) groups is 2. The topological polar surface area (TPSA) is 57.6 Å². The Morgan fingerprint density at radius 3 is 2.40 bits per heavy atom. The zero-order valence-electron chi connectivity index (χ0n) is 11.0. The molecule has 1 atom stereocenters. The zero-order valence-corrected chi connectivity index (χ0v) is 11.7. The van der Waals surface area contributed by atoms with Gasteiger partial charge in [-0.1, -0.05) is 18.5 Å². The van der Waals surface area contributed by atoms with Crippen LogP contribution in [0.25, 0.3) is 0 Å². The third-order valence-electron chi connectivity index (χ3n) is 2.83. The summed E-state index contributed by atoms with van der Waals surface area (Å²) >= 11 is 5.73. The van der Waals surface area contributed by atoms with Crippen molar-refractivity contribution < 1.29 is 23.5 Å². The van der Waals surface area contributed by atoms with Crippen LogP contribution in [0.4, 0.5) is 8.78 Å². The molecule has 1 aromatic carbocycles. The van der Waals surface area contributed by atoms with Gasteiger partial charge in [0.05, 0.1) is 16.5 Å². The molecule has 110 valence electrons. The van der Waals surface area contributed by atoms with E-state index in [0.717, 1.165) is 6.07 Å². The summed E-state index contributed by atoms with van der Waals surface area (Å²) in [7, 11) is 0. The number of carboxylic acids is 1. The van der Waals surface area contributed by atoms with E-state index in [2.05, 4.69) is 0 Å². The van der Waals surface area contributed by atoms with Crippen LogP contribution < -0.4 is 0 Å². The van der Waals surface area contributed by atoms with Gasteiger partial charge in [-0.15, -0.1) is 0 Å². The average Bonchev–Trinajstić information content (AvgIpc) is 2.38. The van der Waals surface area contributed by atoms with Crippen molar-refractivity contribution in [3.05, 3.63) is 34.4 Å². The first-order chi connectivity index (χ1) is 9.27. The third kappa shape index (κ3) is 3.66. The summed E-state index contributed by atoms with van der Waals surface area (Å²) in [5.74, 6) is -4.78. The molecule has 0 bridgehead atoms. The van der Waals surface area contributed by atoms with Gasteiger partial charge in [-0.3, -0.25) is 9.59 Å². The molecular weight excluding hydrogens is 292 g/mol. The minimum absolute atomic E-state index is 0.0417. The zero-order chi connectivity index (χ0) is 15.4. The van der Waals surface area contributed by atoms with Gasteiger partial charge in [0.15, 0.2) is 11.6 Å². The Balaban J connectivity index is 3.03. The first kappa shape index (κ1) is 16.4. The summed E-state index contributed by atoms with van der Waals surface area (Å²) in [5, 5.41) is 8.63. The molecule has 1 rings (SSSR count). The molecule has 0 fully saturated rings. The number of aliphatic carboxylic acids is 1. The average molecular weight is 306 g/mol. The van der Waals surface area contributed by atoms with Crippen molar-refractivity contribution in [2.45, 2.75) is 13.8 Å². The largest absolute Gasteiger partial charge is 0.481 e. The van der Waals surface area contributed by atoms with Crippen molar-refractivity contribution in [3.8, 4) is 0 Å². The molecule has 0 aliphatic rings. The van der Waals surface area contributed by atoms with Gasteiger partial charge < -0.3 is 10.0 Å². The SMILES string of the molecule is CCN(CC(C)C(=O)O)C(=O)c1cc(F)c(F)cc1Cl. The number of carbonyl (C=O) groups excluding carboxylic acids is 1. The predicted octanol–water partition coefficient (Wildman–Crippen LogP) is 2.80. The van der Waals surface area contributed by atoms with Crippen LogP contribution in [0.1, 0.15) is 24.2 Å². The number of rotatable bonds is 5. The standard InChI is InChI=1S/C13H14ClF2NO3/c1-3-17(6-7(2)13(19)20)12(18)8-4-10(15)11(16)5-9(8)14/h4-5,7H,3,6H2,1-2H3,(H,19,20). The van der Waals surface area contributed by atoms with Crippen LogP contribution in [-0.4, -0.2) is 35.0 Å². The van der Waals surface area contributed by atoms with E-state index in [0.29, 0.717) is 6.07 Å². The first-order valence-corrected chi connectivity index (χ1v) is 6.32. The van der Waals surface area contributed by atoms with Crippen molar-refractivity contribution in [1.29, 1.82) is 0 Å².